The molecule has 140 valence electrons. The van der Waals surface area contributed by atoms with E-state index in [0.717, 1.165) is 36.1 Å². The van der Waals surface area contributed by atoms with Crippen molar-refractivity contribution in [3.63, 3.8) is 0 Å². The average molecular weight is 369 g/mol. The number of aliphatic imine (C=N–C) groups is 1. The Morgan fingerprint density at radius 3 is 2.70 bits per heavy atom. The van der Waals surface area contributed by atoms with Crippen LogP contribution in [0.3, 0.4) is 0 Å². The van der Waals surface area contributed by atoms with E-state index < -0.39 is 23.6 Å². The summed E-state index contributed by atoms with van der Waals surface area (Å²) in [7, 11) is 0. The SMILES string of the molecule is O=C1Cc2ccccc2C(C([O-])=NCc2ccc(F)cc2F)N1CC1CC1. The lowest BCUT2D eigenvalue weighted by molar-refractivity contribution is -0.226. The number of fused-ring (bicyclic) bond motifs is 1. The van der Waals surface area contributed by atoms with E-state index in [2.05, 4.69) is 4.99 Å². The lowest BCUT2D eigenvalue weighted by Gasteiger charge is -2.40. The summed E-state index contributed by atoms with van der Waals surface area (Å²) in [5, 5.41) is 12.9. The van der Waals surface area contributed by atoms with Gasteiger partial charge in [0, 0.05) is 18.2 Å². The monoisotopic (exact) mass is 369 g/mol. The number of nitrogens with zero attached hydrogens (tertiary/aromatic N) is 2. The van der Waals surface area contributed by atoms with Gasteiger partial charge < -0.3 is 10.0 Å². The molecule has 0 saturated heterocycles. The van der Waals surface area contributed by atoms with E-state index in [0.29, 0.717) is 12.5 Å². The van der Waals surface area contributed by atoms with Gasteiger partial charge in [-0.25, -0.2) is 8.78 Å². The number of amides is 1. The zero-order valence-electron chi connectivity index (χ0n) is 14.7. The zero-order valence-corrected chi connectivity index (χ0v) is 14.7. The molecule has 2 aromatic rings. The second-order valence-corrected chi connectivity index (χ2v) is 7.16. The van der Waals surface area contributed by atoms with Gasteiger partial charge in [-0.2, -0.15) is 0 Å². The zero-order chi connectivity index (χ0) is 19.0. The molecular weight excluding hydrogens is 350 g/mol. The highest BCUT2D eigenvalue weighted by Crippen LogP contribution is 2.36. The van der Waals surface area contributed by atoms with Crippen LogP contribution in [0.15, 0.2) is 47.5 Å². The molecule has 0 bridgehead atoms. The molecule has 1 aliphatic carbocycles. The first-order chi connectivity index (χ1) is 13.0. The van der Waals surface area contributed by atoms with Crippen molar-refractivity contribution in [1.29, 1.82) is 0 Å². The highest BCUT2D eigenvalue weighted by atomic mass is 19.1. The summed E-state index contributed by atoms with van der Waals surface area (Å²) in [6.07, 6.45) is 2.40. The first-order valence-corrected chi connectivity index (χ1v) is 9.05. The smallest absolute Gasteiger partial charge is 0.227 e. The molecule has 2 aliphatic rings. The number of benzene rings is 2. The number of rotatable bonds is 5. The Balaban J connectivity index is 1.65. The number of carbonyl (C=O) groups is 1. The second-order valence-electron chi connectivity index (χ2n) is 7.16. The van der Waals surface area contributed by atoms with E-state index >= 15 is 0 Å². The largest absolute Gasteiger partial charge is 0.860 e. The van der Waals surface area contributed by atoms with E-state index in [1.165, 1.54) is 6.07 Å². The molecule has 27 heavy (non-hydrogen) atoms. The predicted octanol–water partition coefficient (Wildman–Crippen LogP) is 2.76. The Morgan fingerprint density at radius 2 is 1.96 bits per heavy atom. The highest BCUT2D eigenvalue weighted by molar-refractivity contribution is 5.90. The summed E-state index contributed by atoms with van der Waals surface area (Å²) in [6, 6.07) is 9.79. The molecule has 4 rings (SSSR count). The first kappa shape index (κ1) is 17.6. The summed E-state index contributed by atoms with van der Waals surface area (Å²) in [5.74, 6) is -1.53. The third-order valence-corrected chi connectivity index (χ3v) is 5.13. The van der Waals surface area contributed by atoms with Gasteiger partial charge in [0.05, 0.1) is 19.0 Å². The molecule has 4 nitrogen and oxygen atoms in total. The van der Waals surface area contributed by atoms with Crippen LogP contribution in [-0.4, -0.2) is 23.2 Å². The van der Waals surface area contributed by atoms with Gasteiger partial charge in [0.2, 0.25) is 5.91 Å². The van der Waals surface area contributed by atoms with Gasteiger partial charge in [0.15, 0.2) is 0 Å². The number of halogens is 2. The predicted molar refractivity (Wildman–Crippen MR) is 94.8 cm³/mol. The molecule has 6 heteroatoms. The van der Waals surface area contributed by atoms with Crippen LogP contribution in [0.4, 0.5) is 8.78 Å². The van der Waals surface area contributed by atoms with Gasteiger partial charge in [-0.05, 0) is 41.9 Å². The maximum Gasteiger partial charge on any atom is 0.227 e. The lowest BCUT2D eigenvalue weighted by Crippen LogP contribution is -2.48. The Labute approximate surface area is 156 Å². The van der Waals surface area contributed by atoms with Crippen LogP contribution in [0.2, 0.25) is 0 Å². The Morgan fingerprint density at radius 1 is 1.19 bits per heavy atom. The molecule has 0 N–H and O–H groups in total. The lowest BCUT2D eigenvalue weighted by atomic mass is 9.91. The van der Waals surface area contributed by atoms with Crippen LogP contribution in [0.5, 0.6) is 0 Å². The highest BCUT2D eigenvalue weighted by Gasteiger charge is 2.36. The molecule has 1 saturated carbocycles. The molecule has 1 aliphatic heterocycles. The Bertz CT molecular complexity index is 909. The fraction of sp³-hybridized carbons (Fsp3) is 0.333. The molecule has 0 aromatic heterocycles. The molecule has 2 aromatic carbocycles. The number of hydrogen-bond acceptors (Lipinski definition) is 3. The van der Waals surface area contributed by atoms with Crippen LogP contribution in [0, 0.1) is 17.6 Å². The minimum atomic E-state index is -0.772. The molecule has 1 atom stereocenters. The Hall–Kier alpha value is -2.76. The quantitative estimate of drug-likeness (QED) is 0.601. The Kier molecular flexibility index (Phi) is 4.64. The van der Waals surface area contributed by atoms with Crippen LogP contribution in [0.25, 0.3) is 0 Å². The van der Waals surface area contributed by atoms with Crippen molar-refractivity contribution in [2.24, 2.45) is 10.9 Å². The van der Waals surface area contributed by atoms with E-state index in [1.54, 1.807) is 4.90 Å². The topological polar surface area (TPSA) is 55.7 Å². The van der Waals surface area contributed by atoms with Gasteiger partial charge in [-0.1, -0.05) is 30.3 Å². The third-order valence-electron chi connectivity index (χ3n) is 5.13. The number of hydrogen-bond donors (Lipinski definition) is 0. The van der Waals surface area contributed by atoms with Crippen LogP contribution in [-0.2, 0) is 17.8 Å². The van der Waals surface area contributed by atoms with Gasteiger partial charge in [-0.3, -0.25) is 9.79 Å². The van der Waals surface area contributed by atoms with Gasteiger partial charge in [0.1, 0.15) is 11.6 Å². The maximum absolute atomic E-state index is 13.8. The maximum atomic E-state index is 13.8. The van der Waals surface area contributed by atoms with Crippen molar-refractivity contribution in [2.75, 3.05) is 6.54 Å². The molecular formula is C21H19F2N2O2-. The molecule has 1 fully saturated rings. The molecule has 0 radical (unpaired) electrons. The summed E-state index contributed by atoms with van der Waals surface area (Å²) < 4.78 is 26.9. The van der Waals surface area contributed by atoms with Gasteiger partial charge in [0.25, 0.3) is 0 Å². The minimum absolute atomic E-state index is 0.0814. The van der Waals surface area contributed by atoms with Crippen molar-refractivity contribution in [3.8, 4) is 0 Å². The third kappa shape index (κ3) is 3.70. The van der Waals surface area contributed by atoms with E-state index in [-0.39, 0.29) is 24.4 Å². The van der Waals surface area contributed by atoms with Crippen molar-refractivity contribution in [1.82, 2.24) is 4.90 Å². The van der Waals surface area contributed by atoms with Gasteiger partial charge in [-0.15, -0.1) is 0 Å². The number of carbonyl (C=O) groups excluding carboxylic acids is 1. The standard InChI is InChI=1S/C21H20F2N2O2/c22-16-8-7-15(18(23)10-16)11-24-21(27)20-17-4-2-1-3-14(17)9-19(26)25(20)12-13-5-6-13/h1-4,7-8,10,13,20H,5-6,9,11-12H2,(H,24,27)/p-1. The van der Waals surface area contributed by atoms with Crippen molar-refractivity contribution < 1.29 is 18.7 Å². The van der Waals surface area contributed by atoms with Crippen molar-refractivity contribution in [2.45, 2.75) is 31.8 Å². The molecule has 0 spiro atoms. The van der Waals surface area contributed by atoms with Crippen molar-refractivity contribution >= 4 is 11.8 Å². The van der Waals surface area contributed by atoms with E-state index in [1.807, 2.05) is 24.3 Å². The second kappa shape index (κ2) is 7.10. The summed E-state index contributed by atoms with van der Waals surface area (Å²) in [6.45, 7) is 0.360. The molecule has 1 amide bonds. The minimum Gasteiger partial charge on any atom is -0.860 e. The fourth-order valence-electron chi connectivity index (χ4n) is 3.49. The molecule has 1 heterocycles. The first-order valence-electron chi connectivity index (χ1n) is 9.05. The van der Waals surface area contributed by atoms with E-state index in [9.17, 15) is 18.7 Å². The van der Waals surface area contributed by atoms with Crippen molar-refractivity contribution in [3.05, 3.63) is 70.8 Å². The van der Waals surface area contributed by atoms with Crippen LogP contribution in [0.1, 0.15) is 35.6 Å². The fourth-order valence-corrected chi connectivity index (χ4v) is 3.49. The summed E-state index contributed by atoms with van der Waals surface area (Å²) in [4.78, 5) is 18.3. The average Bonchev–Trinajstić information content (AvgIpc) is 3.45. The molecule has 1 unspecified atom stereocenters. The van der Waals surface area contributed by atoms with Gasteiger partial charge >= 0.3 is 0 Å². The van der Waals surface area contributed by atoms with Crippen LogP contribution >= 0.6 is 0 Å². The summed E-state index contributed by atoms with van der Waals surface area (Å²) >= 11 is 0. The normalized spacial score (nSPS) is 19.9. The van der Waals surface area contributed by atoms with E-state index in [4.69, 9.17) is 0 Å². The van der Waals surface area contributed by atoms with Crippen LogP contribution < -0.4 is 5.11 Å². The summed E-state index contributed by atoms with van der Waals surface area (Å²) in [5.41, 5.74) is 1.76.